The van der Waals surface area contributed by atoms with Crippen LogP contribution in [0.5, 0.6) is 0 Å². The predicted molar refractivity (Wildman–Crippen MR) is 72.9 cm³/mol. The summed E-state index contributed by atoms with van der Waals surface area (Å²) in [6.45, 7) is 2.52. The standard InChI is InChI=1S/C17H22O4/c1-2-13(18)21-12-4-7-3-9(12)15-10-5-8(14(7)15)11-6-20-17(19)16(10)11/h7-12,14-16H,2-6H2,1H3. The van der Waals surface area contributed by atoms with E-state index in [4.69, 9.17) is 9.47 Å². The van der Waals surface area contributed by atoms with Crippen LogP contribution in [0.4, 0.5) is 0 Å². The zero-order valence-corrected chi connectivity index (χ0v) is 12.4. The maximum Gasteiger partial charge on any atom is 0.309 e. The Hall–Kier alpha value is -1.06. The lowest BCUT2D eigenvalue weighted by atomic mass is 9.63. The summed E-state index contributed by atoms with van der Waals surface area (Å²) in [4.78, 5) is 23.7. The fraction of sp³-hybridized carbons (Fsp3) is 0.882. The van der Waals surface area contributed by atoms with Crippen molar-refractivity contribution in [2.75, 3.05) is 6.61 Å². The highest BCUT2D eigenvalue weighted by Crippen LogP contribution is 2.71. The second-order valence-corrected chi connectivity index (χ2v) is 7.81. The van der Waals surface area contributed by atoms with Crippen LogP contribution < -0.4 is 0 Å². The number of ether oxygens (including phenoxy) is 2. The molecule has 0 aromatic heterocycles. The summed E-state index contributed by atoms with van der Waals surface area (Å²) in [7, 11) is 0. The summed E-state index contributed by atoms with van der Waals surface area (Å²) in [5.74, 6) is 4.51. The van der Waals surface area contributed by atoms with E-state index in [0.29, 0.717) is 42.6 Å². The van der Waals surface area contributed by atoms with Crippen LogP contribution in [0.15, 0.2) is 0 Å². The number of carbonyl (C=O) groups excluding carboxylic acids is 2. The van der Waals surface area contributed by atoms with Crippen molar-refractivity contribution in [3.8, 4) is 0 Å². The first kappa shape index (κ1) is 12.5. The van der Waals surface area contributed by atoms with Crippen molar-refractivity contribution in [2.45, 2.75) is 38.7 Å². The Balaban J connectivity index is 1.42. The molecule has 0 aromatic rings. The molecular weight excluding hydrogens is 268 g/mol. The zero-order valence-electron chi connectivity index (χ0n) is 12.4. The number of fused-ring (bicyclic) bond motifs is 12. The molecule has 4 bridgehead atoms. The van der Waals surface area contributed by atoms with E-state index in [1.807, 2.05) is 6.92 Å². The van der Waals surface area contributed by atoms with Crippen LogP contribution >= 0.6 is 0 Å². The van der Waals surface area contributed by atoms with Crippen molar-refractivity contribution in [3.05, 3.63) is 0 Å². The molecule has 0 N–H and O–H groups in total. The maximum absolute atomic E-state index is 12.0. The van der Waals surface area contributed by atoms with E-state index in [2.05, 4.69) is 0 Å². The lowest BCUT2D eigenvalue weighted by molar-refractivity contribution is -0.155. The topological polar surface area (TPSA) is 52.6 Å². The van der Waals surface area contributed by atoms with Gasteiger partial charge in [0.05, 0.1) is 12.5 Å². The summed E-state index contributed by atoms with van der Waals surface area (Å²) in [5.41, 5.74) is 0. The normalized spacial score (nSPS) is 55.5. The number of cyclic esters (lactones) is 1. The van der Waals surface area contributed by atoms with Crippen LogP contribution in [0.2, 0.25) is 0 Å². The molecule has 114 valence electrons. The fourth-order valence-electron chi connectivity index (χ4n) is 6.93. The molecule has 4 nitrogen and oxygen atoms in total. The van der Waals surface area contributed by atoms with Gasteiger partial charge in [-0.05, 0) is 54.8 Å². The third-order valence-electron chi connectivity index (χ3n) is 7.34. The molecule has 1 aliphatic heterocycles. The lowest BCUT2D eigenvalue weighted by Gasteiger charge is -2.41. The van der Waals surface area contributed by atoms with E-state index >= 15 is 0 Å². The highest BCUT2D eigenvalue weighted by Gasteiger charge is 2.70. The van der Waals surface area contributed by atoms with Crippen molar-refractivity contribution in [1.82, 2.24) is 0 Å². The number of hydrogen-bond acceptors (Lipinski definition) is 4. The van der Waals surface area contributed by atoms with Gasteiger partial charge < -0.3 is 9.47 Å². The van der Waals surface area contributed by atoms with Crippen molar-refractivity contribution < 1.29 is 19.1 Å². The van der Waals surface area contributed by atoms with E-state index in [9.17, 15) is 9.59 Å². The largest absolute Gasteiger partial charge is 0.465 e. The highest BCUT2D eigenvalue weighted by atomic mass is 16.5. The molecule has 4 aliphatic carbocycles. The summed E-state index contributed by atoms with van der Waals surface area (Å²) >= 11 is 0. The molecule has 9 atom stereocenters. The van der Waals surface area contributed by atoms with E-state index < -0.39 is 0 Å². The summed E-state index contributed by atoms with van der Waals surface area (Å²) in [5, 5.41) is 0. The first-order valence-corrected chi connectivity index (χ1v) is 8.55. The van der Waals surface area contributed by atoms with Crippen LogP contribution in [0.3, 0.4) is 0 Å². The Labute approximate surface area is 124 Å². The van der Waals surface area contributed by atoms with Gasteiger partial charge >= 0.3 is 11.9 Å². The second kappa shape index (κ2) is 4.02. The molecule has 5 fully saturated rings. The van der Waals surface area contributed by atoms with E-state index in [0.717, 1.165) is 18.3 Å². The lowest BCUT2D eigenvalue weighted by Crippen LogP contribution is -2.43. The minimum Gasteiger partial charge on any atom is -0.465 e. The second-order valence-electron chi connectivity index (χ2n) is 7.81. The summed E-state index contributed by atoms with van der Waals surface area (Å²) < 4.78 is 11.0. The Kier molecular flexibility index (Phi) is 2.39. The van der Waals surface area contributed by atoms with Gasteiger partial charge in [-0.25, -0.2) is 0 Å². The molecule has 5 rings (SSSR count). The molecule has 0 spiro atoms. The molecule has 0 amide bonds. The Bertz CT molecular complexity index is 515. The van der Waals surface area contributed by atoms with Crippen molar-refractivity contribution in [2.24, 2.45) is 47.3 Å². The van der Waals surface area contributed by atoms with Crippen molar-refractivity contribution >= 4 is 11.9 Å². The molecule has 1 saturated heterocycles. The van der Waals surface area contributed by atoms with Gasteiger partial charge in [0.2, 0.25) is 0 Å². The molecule has 1 heterocycles. The molecule has 4 saturated carbocycles. The van der Waals surface area contributed by atoms with Gasteiger partial charge in [-0.15, -0.1) is 0 Å². The Morgan fingerprint density at radius 2 is 2.00 bits per heavy atom. The van der Waals surface area contributed by atoms with Gasteiger partial charge in [-0.2, -0.15) is 0 Å². The first-order valence-electron chi connectivity index (χ1n) is 8.55. The van der Waals surface area contributed by atoms with Gasteiger partial charge in [-0.1, -0.05) is 6.92 Å². The molecule has 0 aromatic carbocycles. The first-order chi connectivity index (χ1) is 10.2. The molecule has 0 radical (unpaired) electrons. The van der Waals surface area contributed by atoms with Crippen LogP contribution in [0.25, 0.3) is 0 Å². The average Bonchev–Trinajstić information content (AvgIpc) is 3.20. The van der Waals surface area contributed by atoms with Crippen molar-refractivity contribution in [1.29, 1.82) is 0 Å². The third kappa shape index (κ3) is 1.42. The van der Waals surface area contributed by atoms with E-state index in [1.54, 1.807) is 0 Å². The van der Waals surface area contributed by atoms with Crippen LogP contribution in [0.1, 0.15) is 32.6 Å². The molecule has 9 unspecified atom stereocenters. The molecular formula is C17H22O4. The quantitative estimate of drug-likeness (QED) is 0.577. The highest BCUT2D eigenvalue weighted by molar-refractivity contribution is 5.76. The monoisotopic (exact) mass is 290 g/mol. The third-order valence-corrected chi connectivity index (χ3v) is 7.34. The molecule has 21 heavy (non-hydrogen) atoms. The smallest absolute Gasteiger partial charge is 0.309 e. The van der Waals surface area contributed by atoms with E-state index in [-0.39, 0.29) is 24.0 Å². The number of esters is 2. The van der Waals surface area contributed by atoms with Gasteiger partial charge in [0.1, 0.15) is 6.10 Å². The van der Waals surface area contributed by atoms with Gasteiger partial charge in [0, 0.05) is 12.3 Å². The number of rotatable bonds is 2. The SMILES string of the molecule is CCC(=O)OC1CC2CC1C1C3CC(C4COC(=O)C43)C21. The molecule has 5 aliphatic rings. The Morgan fingerprint density at radius 3 is 2.81 bits per heavy atom. The van der Waals surface area contributed by atoms with E-state index in [1.165, 1.54) is 12.8 Å². The summed E-state index contributed by atoms with van der Waals surface area (Å²) in [6.07, 6.45) is 4.09. The minimum absolute atomic E-state index is 0.0517. The van der Waals surface area contributed by atoms with Crippen molar-refractivity contribution in [3.63, 3.8) is 0 Å². The van der Waals surface area contributed by atoms with Gasteiger partial charge in [-0.3, -0.25) is 9.59 Å². The van der Waals surface area contributed by atoms with Crippen LogP contribution in [0, 0.1) is 47.3 Å². The van der Waals surface area contributed by atoms with Gasteiger partial charge in [0.25, 0.3) is 0 Å². The number of carbonyl (C=O) groups is 2. The zero-order chi connectivity index (χ0) is 14.3. The number of hydrogen-bond donors (Lipinski definition) is 0. The fourth-order valence-corrected chi connectivity index (χ4v) is 6.93. The summed E-state index contributed by atoms with van der Waals surface area (Å²) in [6, 6.07) is 0. The minimum atomic E-state index is -0.0644. The predicted octanol–water partition coefficient (Wildman–Crippen LogP) is 2.02. The molecule has 4 heteroatoms. The average molecular weight is 290 g/mol. The van der Waals surface area contributed by atoms with Crippen LogP contribution in [-0.4, -0.2) is 24.6 Å². The van der Waals surface area contributed by atoms with Crippen LogP contribution in [-0.2, 0) is 19.1 Å². The van der Waals surface area contributed by atoms with Gasteiger partial charge in [0.15, 0.2) is 0 Å². The maximum atomic E-state index is 12.0. The Morgan fingerprint density at radius 1 is 1.14 bits per heavy atom.